The summed E-state index contributed by atoms with van der Waals surface area (Å²) >= 11 is 5.82. The highest BCUT2D eigenvalue weighted by atomic mass is 35.5. The van der Waals surface area contributed by atoms with Crippen LogP contribution in [-0.2, 0) is 6.42 Å². The standard InChI is InChI=1S/C15H14ClN3O/c1-10-7-12-4-2-3-11(15(12)20-10)5-6-17-14-8-13(16)18-9-19-14/h2-4,7-9H,5-6H2,1H3,(H,17,18,19). The fourth-order valence-electron chi connectivity index (χ4n) is 2.20. The Bertz CT molecular complexity index is 739. The zero-order valence-corrected chi connectivity index (χ0v) is 11.8. The zero-order chi connectivity index (χ0) is 13.9. The highest BCUT2D eigenvalue weighted by Crippen LogP contribution is 2.23. The number of aromatic nitrogens is 2. The summed E-state index contributed by atoms with van der Waals surface area (Å²) in [4.78, 5) is 7.96. The molecule has 2 heterocycles. The van der Waals surface area contributed by atoms with Crippen molar-refractivity contribution in [3.8, 4) is 0 Å². The number of furan rings is 1. The van der Waals surface area contributed by atoms with Crippen LogP contribution >= 0.6 is 11.6 Å². The highest BCUT2D eigenvalue weighted by molar-refractivity contribution is 6.29. The number of halogens is 1. The predicted octanol–water partition coefficient (Wildman–Crippen LogP) is 3.84. The van der Waals surface area contributed by atoms with Crippen LogP contribution in [0.4, 0.5) is 5.82 Å². The maximum atomic E-state index is 5.82. The second kappa shape index (κ2) is 5.51. The molecule has 0 saturated heterocycles. The van der Waals surface area contributed by atoms with Gasteiger partial charge in [0.2, 0.25) is 0 Å². The van der Waals surface area contributed by atoms with Crippen molar-refractivity contribution in [3.63, 3.8) is 0 Å². The predicted molar refractivity (Wildman–Crippen MR) is 80.2 cm³/mol. The van der Waals surface area contributed by atoms with Crippen molar-refractivity contribution < 1.29 is 4.42 Å². The molecule has 0 bridgehead atoms. The Morgan fingerprint density at radius 3 is 3.00 bits per heavy atom. The van der Waals surface area contributed by atoms with Gasteiger partial charge in [-0.3, -0.25) is 0 Å². The Kier molecular flexibility index (Phi) is 3.56. The van der Waals surface area contributed by atoms with Crippen LogP contribution < -0.4 is 5.32 Å². The molecule has 0 aliphatic carbocycles. The molecule has 0 fully saturated rings. The molecule has 0 saturated carbocycles. The lowest BCUT2D eigenvalue weighted by atomic mass is 10.1. The summed E-state index contributed by atoms with van der Waals surface area (Å²) in [7, 11) is 0. The fraction of sp³-hybridized carbons (Fsp3) is 0.200. The number of anilines is 1. The summed E-state index contributed by atoms with van der Waals surface area (Å²) in [6, 6.07) is 9.96. The van der Waals surface area contributed by atoms with E-state index in [0.717, 1.165) is 35.5 Å². The van der Waals surface area contributed by atoms with E-state index in [1.165, 1.54) is 11.9 Å². The molecular weight excluding hydrogens is 274 g/mol. The van der Waals surface area contributed by atoms with Crippen molar-refractivity contribution in [2.75, 3.05) is 11.9 Å². The molecule has 0 atom stereocenters. The lowest BCUT2D eigenvalue weighted by molar-refractivity contribution is 0.574. The molecule has 2 aromatic heterocycles. The van der Waals surface area contributed by atoms with Crippen molar-refractivity contribution in [1.29, 1.82) is 0 Å². The molecule has 5 heteroatoms. The molecule has 0 radical (unpaired) electrons. The van der Waals surface area contributed by atoms with E-state index in [-0.39, 0.29) is 0 Å². The Morgan fingerprint density at radius 2 is 2.15 bits per heavy atom. The largest absolute Gasteiger partial charge is 0.461 e. The minimum Gasteiger partial charge on any atom is -0.461 e. The number of nitrogens with zero attached hydrogens (tertiary/aromatic N) is 2. The van der Waals surface area contributed by atoms with E-state index in [4.69, 9.17) is 16.0 Å². The molecule has 1 aromatic carbocycles. The molecule has 0 spiro atoms. The summed E-state index contributed by atoms with van der Waals surface area (Å²) in [6.45, 7) is 2.72. The van der Waals surface area contributed by atoms with Gasteiger partial charge in [0, 0.05) is 18.0 Å². The first-order valence-corrected chi connectivity index (χ1v) is 6.79. The van der Waals surface area contributed by atoms with Gasteiger partial charge < -0.3 is 9.73 Å². The van der Waals surface area contributed by atoms with Gasteiger partial charge in [-0.15, -0.1) is 0 Å². The lowest BCUT2D eigenvalue weighted by Gasteiger charge is -2.06. The molecule has 3 rings (SSSR count). The quantitative estimate of drug-likeness (QED) is 0.741. The van der Waals surface area contributed by atoms with Crippen LogP contribution in [0.2, 0.25) is 5.15 Å². The summed E-state index contributed by atoms with van der Waals surface area (Å²) in [5, 5.41) is 4.81. The zero-order valence-electron chi connectivity index (χ0n) is 11.1. The van der Waals surface area contributed by atoms with E-state index < -0.39 is 0 Å². The normalized spacial score (nSPS) is 10.9. The average Bonchev–Trinajstić information content (AvgIpc) is 2.80. The van der Waals surface area contributed by atoms with Crippen LogP contribution in [0.15, 0.2) is 41.1 Å². The van der Waals surface area contributed by atoms with Crippen LogP contribution in [0, 0.1) is 6.92 Å². The fourth-order valence-corrected chi connectivity index (χ4v) is 2.35. The van der Waals surface area contributed by atoms with Crippen LogP contribution in [-0.4, -0.2) is 16.5 Å². The lowest BCUT2D eigenvalue weighted by Crippen LogP contribution is -2.06. The van der Waals surface area contributed by atoms with Crippen molar-refractivity contribution in [3.05, 3.63) is 53.1 Å². The van der Waals surface area contributed by atoms with E-state index >= 15 is 0 Å². The monoisotopic (exact) mass is 287 g/mol. The molecule has 0 unspecified atom stereocenters. The van der Waals surface area contributed by atoms with Crippen LogP contribution in [0.3, 0.4) is 0 Å². The van der Waals surface area contributed by atoms with E-state index in [0.29, 0.717) is 5.15 Å². The van der Waals surface area contributed by atoms with Crippen molar-refractivity contribution in [2.24, 2.45) is 0 Å². The van der Waals surface area contributed by atoms with Gasteiger partial charge in [-0.05, 0) is 25.0 Å². The molecule has 3 aromatic rings. The van der Waals surface area contributed by atoms with Crippen molar-refractivity contribution in [1.82, 2.24) is 9.97 Å². The van der Waals surface area contributed by atoms with E-state index in [1.54, 1.807) is 6.07 Å². The van der Waals surface area contributed by atoms with Gasteiger partial charge >= 0.3 is 0 Å². The number of hydrogen-bond acceptors (Lipinski definition) is 4. The number of nitrogens with one attached hydrogen (secondary N) is 1. The van der Waals surface area contributed by atoms with Gasteiger partial charge in [0.15, 0.2) is 0 Å². The number of para-hydroxylation sites is 1. The molecule has 4 nitrogen and oxygen atoms in total. The maximum Gasteiger partial charge on any atom is 0.137 e. The van der Waals surface area contributed by atoms with Crippen LogP contribution in [0.5, 0.6) is 0 Å². The number of fused-ring (bicyclic) bond motifs is 1. The van der Waals surface area contributed by atoms with Gasteiger partial charge in [0.25, 0.3) is 0 Å². The summed E-state index contributed by atoms with van der Waals surface area (Å²) in [5.74, 6) is 1.66. The smallest absolute Gasteiger partial charge is 0.137 e. The first-order chi connectivity index (χ1) is 9.72. The summed E-state index contributed by atoms with van der Waals surface area (Å²) < 4.78 is 5.75. The third-order valence-corrected chi connectivity index (χ3v) is 3.29. The molecule has 0 aliphatic rings. The molecule has 0 amide bonds. The minimum atomic E-state index is 0.436. The van der Waals surface area contributed by atoms with E-state index in [9.17, 15) is 0 Å². The number of benzene rings is 1. The summed E-state index contributed by atoms with van der Waals surface area (Å²) in [5.41, 5.74) is 2.15. The van der Waals surface area contributed by atoms with Gasteiger partial charge in [-0.1, -0.05) is 29.8 Å². The average molecular weight is 288 g/mol. The first-order valence-electron chi connectivity index (χ1n) is 6.42. The minimum absolute atomic E-state index is 0.436. The van der Waals surface area contributed by atoms with Crippen LogP contribution in [0.1, 0.15) is 11.3 Å². The third kappa shape index (κ3) is 2.75. The number of hydrogen-bond donors (Lipinski definition) is 1. The Balaban J connectivity index is 1.71. The SMILES string of the molecule is Cc1cc2cccc(CCNc3cc(Cl)ncn3)c2o1. The second-order valence-corrected chi connectivity index (χ2v) is 4.98. The molecule has 0 aliphatic heterocycles. The van der Waals surface area contributed by atoms with Gasteiger partial charge in [0.05, 0.1) is 0 Å². The Labute approximate surface area is 121 Å². The Morgan fingerprint density at radius 1 is 1.25 bits per heavy atom. The first kappa shape index (κ1) is 12.9. The maximum absolute atomic E-state index is 5.82. The van der Waals surface area contributed by atoms with Gasteiger partial charge in [0.1, 0.15) is 28.6 Å². The summed E-state index contributed by atoms with van der Waals surface area (Å²) in [6.07, 6.45) is 2.30. The molecule has 102 valence electrons. The molecular formula is C15H14ClN3O. The number of rotatable bonds is 4. The Hall–Kier alpha value is -2.07. The van der Waals surface area contributed by atoms with Crippen LogP contribution in [0.25, 0.3) is 11.0 Å². The molecule has 1 N–H and O–H groups in total. The van der Waals surface area contributed by atoms with Gasteiger partial charge in [-0.2, -0.15) is 0 Å². The second-order valence-electron chi connectivity index (χ2n) is 4.60. The topological polar surface area (TPSA) is 51.0 Å². The van der Waals surface area contributed by atoms with Crippen molar-refractivity contribution >= 4 is 28.4 Å². The molecule has 20 heavy (non-hydrogen) atoms. The van der Waals surface area contributed by atoms with Crippen molar-refractivity contribution in [2.45, 2.75) is 13.3 Å². The third-order valence-electron chi connectivity index (χ3n) is 3.08. The van der Waals surface area contributed by atoms with E-state index in [1.807, 2.05) is 13.0 Å². The number of aryl methyl sites for hydroxylation is 1. The van der Waals surface area contributed by atoms with E-state index in [2.05, 4.69) is 33.5 Å². The van der Waals surface area contributed by atoms with Gasteiger partial charge in [-0.25, -0.2) is 9.97 Å². The highest BCUT2D eigenvalue weighted by Gasteiger charge is 2.06.